The van der Waals surface area contributed by atoms with E-state index in [0.717, 1.165) is 0 Å². The largest absolute Gasteiger partial charge is 0.465 e. The maximum Gasteiger partial charge on any atom is 0.407 e. The van der Waals surface area contributed by atoms with Gasteiger partial charge in [-0.05, 0) is 0 Å². The maximum atomic E-state index is 10.8. The van der Waals surface area contributed by atoms with Crippen molar-refractivity contribution < 1.29 is 9.90 Å². The normalized spacial score (nSPS) is 21.3. The minimum atomic E-state index is -0.907. The molecule has 2 rings (SSSR count). The molecule has 15 heavy (non-hydrogen) atoms. The molecule has 0 aliphatic carbocycles. The van der Waals surface area contributed by atoms with Gasteiger partial charge in [-0.1, -0.05) is 0 Å². The number of rotatable bonds is 1. The van der Waals surface area contributed by atoms with E-state index in [4.69, 9.17) is 5.11 Å². The Morgan fingerprint density at radius 2 is 2.27 bits per heavy atom. The monoisotopic (exact) mass is 209 g/mol. The average molecular weight is 209 g/mol. The molecular weight excluding hydrogens is 198 g/mol. The van der Waals surface area contributed by atoms with E-state index in [1.54, 1.807) is 0 Å². The third kappa shape index (κ3) is 2.18. The first-order chi connectivity index (χ1) is 7.27. The number of carboxylic acid groups (broad SMARTS) is 1. The number of amides is 1. The second kappa shape index (κ2) is 4.18. The zero-order valence-electron chi connectivity index (χ0n) is 8.00. The molecule has 1 saturated heterocycles. The summed E-state index contributed by atoms with van der Waals surface area (Å²) in [4.78, 5) is 23.8. The Kier molecular flexibility index (Phi) is 2.72. The van der Waals surface area contributed by atoms with Gasteiger partial charge in [0, 0.05) is 19.6 Å². The van der Waals surface area contributed by atoms with Gasteiger partial charge in [-0.3, -0.25) is 0 Å². The highest BCUT2D eigenvalue weighted by atomic mass is 16.4. The van der Waals surface area contributed by atoms with Crippen LogP contribution in [-0.4, -0.2) is 50.7 Å². The lowest BCUT2D eigenvalue weighted by atomic mass is 10.2. The van der Waals surface area contributed by atoms with E-state index in [-0.39, 0.29) is 6.04 Å². The maximum absolute atomic E-state index is 10.8. The molecule has 0 saturated carbocycles. The minimum absolute atomic E-state index is 0.141. The lowest BCUT2D eigenvalue weighted by molar-refractivity contribution is 0.128. The molecule has 7 heteroatoms. The first-order valence-corrected chi connectivity index (χ1v) is 4.60. The second-order valence-corrected chi connectivity index (χ2v) is 3.23. The fourth-order valence-electron chi connectivity index (χ4n) is 1.52. The van der Waals surface area contributed by atoms with Crippen molar-refractivity contribution in [1.29, 1.82) is 0 Å². The Labute approximate surface area is 86.2 Å². The second-order valence-electron chi connectivity index (χ2n) is 3.23. The lowest BCUT2D eigenvalue weighted by Crippen LogP contribution is -2.48. The molecule has 7 nitrogen and oxygen atoms in total. The van der Waals surface area contributed by atoms with Crippen LogP contribution in [-0.2, 0) is 0 Å². The molecule has 80 valence electrons. The summed E-state index contributed by atoms with van der Waals surface area (Å²) in [7, 11) is 0. The van der Waals surface area contributed by atoms with Crippen LogP contribution in [0.1, 0.15) is 11.9 Å². The van der Waals surface area contributed by atoms with Crippen molar-refractivity contribution in [2.75, 3.05) is 19.6 Å². The fraction of sp³-hybridized carbons (Fsp3) is 0.500. The molecule has 1 aliphatic heterocycles. The topological polar surface area (TPSA) is 91.2 Å². The third-order valence-corrected chi connectivity index (χ3v) is 2.27. The molecule has 1 amide bonds. The summed E-state index contributed by atoms with van der Waals surface area (Å²) in [6.07, 6.45) is 1.91. The summed E-state index contributed by atoms with van der Waals surface area (Å²) < 4.78 is 0. The van der Waals surface area contributed by atoms with E-state index >= 15 is 0 Å². The summed E-state index contributed by atoms with van der Waals surface area (Å²) in [6.45, 7) is 1.49. The van der Waals surface area contributed by atoms with E-state index in [1.807, 2.05) is 0 Å². The average Bonchev–Trinajstić information content (AvgIpc) is 2.30. The van der Waals surface area contributed by atoms with Crippen LogP contribution in [0.2, 0.25) is 0 Å². The highest BCUT2D eigenvalue weighted by Gasteiger charge is 2.25. The molecule has 1 unspecified atom stereocenters. The highest BCUT2D eigenvalue weighted by Crippen LogP contribution is 2.11. The lowest BCUT2D eigenvalue weighted by Gasteiger charge is -2.30. The van der Waals surface area contributed by atoms with Crippen LogP contribution in [0.3, 0.4) is 0 Å². The van der Waals surface area contributed by atoms with Gasteiger partial charge in [0.15, 0.2) is 5.82 Å². The van der Waals surface area contributed by atoms with Gasteiger partial charge >= 0.3 is 6.09 Å². The number of piperazine rings is 1. The van der Waals surface area contributed by atoms with Gasteiger partial charge in [0.2, 0.25) is 0 Å². The molecule has 1 atom stereocenters. The number of carbonyl (C=O) groups is 1. The smallest absolute Gasteiger partial charge is 0.407 e. The van der Waals surface area contributed by atoms with Gasteiger partial charge in [-0.2, -0.15) is 0 Å². The highest BCUT2D eigenvalue weighted by molar-refractivity contribution is 5.65. The standard InChI is InChI=1S/C8H11N5O2/c14-8(15)13-2-1-10-6(3-13)7-11-4-9-5-12-7/h4-6,10H,1-3H2,(H,14,15). The zero-order chi connectivity index (χ0) is 10.7. The summed E-state index contributed by atoms with van der Waals surface area (Å²) in [5.41, 5.74) is 0. The molecule has 2 N–H and O–H groups in total. The molecule has 0 spiro atoms. The van der Waals surface area contributed by atoms with Gasteiger partial charge in [-0.15, -0.1) is 0 Å². The van der Waals surface area contributed by atoms with Gasteiger partial charge in [0.1, 0.15) is 12.7 Å². The first kappa shape index (κ1) is 9.78. The van der Waals surface area contributed by atoms with Crippen LogP contribution < -0.4 is 5.32 Å². The fourth-order valence-corrected chi connectivity index (χ4v) is 1.52. The molecule has 0 radical (unpaired) electrons. The molecule has 1 aromatic rings. The van der Waals surface area contributed by atoms with E-state index in [2.05, 4.69) is 20.3 Å². The Bertz CT molecular complexity index is 344. The number of nitrogens with zero attached hydrogens (tertiary/aromatic N) is 4. The zero-order valence-corrected chi connectivity index (χ0v) is 8.00. The Morgan fingerprint density at radius 1 is 1.53 bits per heavy atom. The van der Waals surface area contributed by atoms with Crippen LogP contribution >= 0.6 is 0 Å². The van der Waals surface area contributed by atoms with Crippen molar-refractivity contribution in [3.8, 4) is 0 Å². The van der Waals surface area contributed by atoms with Crippen LogP contribution in [0.5, 0.6) is 0 Å². The van der Waals surface area contributed by atoms with Crippen molar-refractivity contribution in [2.45, 2.75) is 6.04 Å². The minimum Gasteiger partial charge on any atom is -0.465 e. The van der Waals surface area contributed by atoms with E-state index < -0.39 is 6.09 Å². The van der Waals surface area contributed by atoms with Gasteiger partial charge in [0.05, 0.1) is 6.04 Å². The van der Waals surface area contributed by atoms with Crippen LogP contribution in [0.15, 0.2) is 12.7 Å². The van der Waals surface area contributed by atoms with Crippen molar-refractivity contribution in [3.05, 3.63) is 18.5 Å². The van der Waals surface area contributed by atoms with Crippen molar-refractivity contribution in [2.24, 2.45) is 0 Å². The van der Waals surface area contributed by atoms with Crippen molar-refractivity contribution in [1.82, 2.24) is 25.2 Å². The SMILES string of the molecule is O=C(O)N1CCNC(c2ncncn2)C1. The molecule has 1 fully saturated rings. The quantitative estimate of drug-likeness (QED) is 0.647. The summed E-state index contributed by atoms with van der Waals surface area (Å²) in [5, 5.41) is 12.0. The predicted molar refractivity (Wildman–Crippen MR) is 50.2 cm³/mol. The predicted octanol–water partition coefficient (Wildman–Crippen LogP) is -0.504. The molecule has 0 bridgehead atoms. The van der Waals surface area contributed by atoms with Gasteiger partial charge in [0.25, 0.3) is 0 Å². The van der Waals surface area contributed by atoms with E-state index in [1.165, 1.54) is 17.6 Å². The van der Waals surface area contributed by atoms with Crippen LogP contribution in [0.25, 0.3) is 0 Å². The molecule has 1 aliphatic rings. The molecule has 0 aromatic carbocycles. The van der Waals surface area contributed by atoms with E-state index in [0.29, 0.717) is 25.5 Å². The summed E-state index contributed by atoms with van der Waals surface area (Å²) in [5.74, 6) is 0.580. The number of hydrogen-bond acceptors (Lipinski definition) is 5. The Balaban J connectivity index is 2.08. The first-order valence-electron chi connectivity index (χ1n) is 4.60. The summed E-state index contributed by atoms with van der Waals surface area (Å²) in [6, 6.07) is -0.141. The number of hydrogen-bond donors (Lipinski definition) is 2. The van der Waals surface area contributed by atoms with Crippen molar-refractivity contribution >= 4 is 6.09 Å². The molecule has 1 aromatic heterocycles. The van der Waals surface area contributed by atoms with Gasteiger partial charge < -0.3 is 15.3 Å². The van der Waals surface area contributed by atoms with Crippen LogP contribution in [0, 0.1) is 0 Å². The third-order valence-electron chi connectivity index (χ3n) is 2.27. The van der Waals surface area contributed by atoms with Crippen molar-refractivity contribution in [3.63, 3.8) is 0 Å². The number of nitrogens with one attached hydrogen (secondary N) is 1. The van der Waals surface area contributed by atoms with E-state index in [9.17, 15) is 4.79 Å². The van der Waals surface area contributed by atoms with Crippen LogP contribution in [0.4, 0.5) is 4.79 Å². The molecular formula is C8H11N5O2. The van der Waals surface area contributed by atoms with Gasteiger partial charge in [-0.25, -0.2) is 19.7 Å². The number of aromatic nitrogens is 3. The summed E-state index contributed by atoms with van der Waals surface area (Å²) >= 11 is 0. The molecule has 2 heterocycles. The Morgan fingerprint density at radius 3 is 2.93 bits per heavy atom. The Hall–Kier alpha value is -1.76.